The van der Waals surface area contributed by atoms with Gasteiger partial charge in [-0.3, -0.25) is 19.7 Å². The van der Waals surface area contributed by atoms with Crippen molar-refractivity contribution in [1.82, 2.24) is 14.8 Å². The van der Waals surface area contributed by atoms with Crippen LogP contribution < -0.4 is 11.3 Å². The topological polar surface area (TPSA) is 93.8 Å². The molecule has 0 amide bonds. The average Bonchev–Trinajstić information content (AvgIpc) is 2.71. The Morgan fingerprint density at radius 1 is 1.50 bits per heavy atom. The Hall–Kier alpha value is -2.21. The second-order valence-corrected chi connectivity index (χ2v) is 3.18. The summed E-state index contributed by atoms with van der Waals surface area (Å²) in [5.74, 6) is -0.495. The molecule has 0 radical (unpaired) electrons. The van der Waals surface area contributed by atoms with Gasteiger partial charge in [0.1, 0.15) is 5.69 Å². The van der Waals surface area contributed by atoms with Crippen LogP contribution >= 0.6 is 0 Å². The molecule has 0 unspecified atom stereocenters. The molecule has 0 aliphatic carbocycles. The van der Waals surface area contributed by atoms with E-state index in [1.54, 1.807) is 12.1 Å². The highest BCUT2D eigenvalue weighted by Crippen LogP contribution is 1.96. The van der Waals surface area contributed by atoms with Crippen LogP contribution in [0.25, 0.3) is 0 Å². The Morgan fingerprint density at radius 3 is 2.88 bits per heavy atom. The number of H-pyrrole nitrogens is 1. The number of aromatic amines is 1. The zero-order valence-corrected chi connectivity index (χ0v) is 8.38. The molecule has 16 heavy (non-hydrogen) atoms. The van der Waals surface area contributed by atoms with Gasteiger partial charge in [0.25, 0.3) is 11.5 Å². The highest BCUT2D eigenvalue weighted by atomic mass is 16.2. The monoisotopic (exact) mass is 218 g/mol. The second kappa shape index (κ2) is 4.11. The van der Waals surface area contributed by atoms with E-state index in [0.29, 0.717) is 5.69 Å². The van der Waals surface area contributed by atoms with Gasteiger partial charge in [-0.2, -0.15) is 4.68 Å². The van der Waals surface area contributed by atoms with E-state index in [4.69, 9.17) is 5.73 Å². The van der Waals surface area contributed by atoms with E-state index in [1.165, 1.54) is 18.3 Å². The van der Waals surface area contributed by atoms with Gasteiger partial charge in [0.15, 0.2) is 0 Å². The Kier molecular flexibility index (Phi) is 2.65. The molecule has 6 heteroatoms. The van der Waals surface area contributed by atoms with Crippen molar-refractivity contribution in [3.63, 3.8) is 0 Å². The molecule has 0 aromatic carbocycles. The first-order valence-electron chi connectivity index (χ1n) is 4.69. The average molecular weight is 218 g/mol. The van der Waals surface area contributed by atoms with Crippen LogP contribution in [0.1, 0.15) is 16.2 Å². The number of hydrogen-bond acceptors (Lipinski definition) is 4. The summed E-state index contributed by atoms with van der Waals surface area (Å²) in [5.41, 5.74) is 5.64. The second-order valence-electron chi connectivity index (χ2n) is 3.18. The third-order valence-electron chi connectivity index (χ3n) is 2.08. The molecule has 0 atom stereocenters. The molecule has 0 aliphatic heterocycles. The minimum absolute atomic E-state index is 0.178. The molecule has 0 bridgehead atoms. The van der Waals surface area contributed by atoms with E-state index in [9.17, 15) is 9.59 Å². The molecule has 2 aromatic heterocycles. The van der Waals surface area contributed by atoms with Gasteiger partial charge in [0.2, 0.25) is 0 Å². The number of carbonyl (C=O) groups is 1. The summed E-state index contributed by atoms with van der Waals surface area (Å²) >= 11 is 0. The van der Waals surface area contributed by atoms with Crippen molar-refractivity contribution >= 4 is 5.91 Å². The van der Waals surface area contributed by atoms with Gasteiger partial charge in [-0.25, -0.2) is 0 Å². The zero-order chi connectivity index (χ0) is 11.5. The summed E-state index contributed by atoms with van der Waals surface area (Å²) in [4.78, 5) is 27.1. The molecular formula is C10H10N4O2. The summed E-state index contributed by atoms with van der Waals surface area (Å²) in [6, 6.07) is 6.20. The number of nitrogens with one attached hydrogen (secondary N) is 1. The first-order valence-corrected chi connectivity index (χ1v) is 4.69. The fourth-order valence-electron chi connectivity index (χ4n) is 1.30. The normalized spacial score (nSPS) is 10.3. The molecule has 0 aliphatic rings. The van der Waals surface area contributed by atoms with E-state index in [-0.39, 0.29) is 12.2 Å². The van der Waals surface area contributed by atoms with Gasteiger partial charge in [0, 0.05) is 18.8 Å². The molecule has 2 rings (SSSR count). The lowest BCUT2D eigenvalue weighted by molar-refractivity contribution is 0.0936. The summed E-state index contributed by atoms with van der Waals surface area (Å²) < 4.78 is 0.893. The van der Waals surface area contributed by atoms with Crippen molar-refractivity contribution in [3.8, 4) is 0 Å². The van der Waals surface area contributed by atoms with Crippen molar-refractivity contribution in [2.45, 2.75) is 6.54 Å². The summed E-state index contributed by atoms with van der Waals surface area (Å²) in [5, 5.41) is 2.62. The van der Waals surface area contributed by atoms with E-state index in [2.05, 4.69) is 10.1 Å². The standard InChI is InChI=1S/C10H10N4O2/c11-6-7-5-9(15)14(13-7)10(16)8-3-1-2-4-12-8/h1-5,13H,6,11H2. The minimum atomic E-state index is -0.495. The number of aromatic nitrogens is 3. The van der Waals surface area contributed by atoms with Crippen LogP contribution in [-0.2, 0) is 6.54 Å². The van der Waals surface area contributed by atoms with E-state index in [0.717, 1.165) is 4.68 Å². The quantitative estimate of drug-likeness (QED) is 0.724. The van der Waals surface area contributed by atoms with Gasteiger partial charge in [0.05, 0.1) is 5.69 Å². The van der Waals surface area contributed by atoms with Crippen molar-refractivity contribution < 1.29 is 4.79 Å². The SMILES string of the molecule is NCc1cc(=O)n(C(=O)c2ccccn2)[nH]1. The van der Waals surface area contributed by atoms with Crippen LogP contribution in [0.15, 0.2) is 35.3 Å². The Labute approximate surface area is 90.7 Å². The van der Waals surface area contributed by atoms with Crippen molar-refractivity contribution in [2.24, 2.45) is 5.73 Å². The van der Waals surface area contributed by atoms with Gasteiger partial charge in [-0.1, -0.05) is 6.07 Å². The number of hydrogen-bond donors (Lipinski definition) is 2. The molecule has 0 spiro atoms. The third kappa shape index (κ3) is 1.78. The predicted octanol–water partition coefficient (Wildman–Crippen LogP) is -0.281. The number of carbonyl (C=O) groups excluding carboxylic acids is 1. The number of rotatable bonds is 2. The van der Waals surface area contributed by atoms with Gasteiger partial charge in [-0.05, 0) is 12.1 Å². The fourth-order valence-corrected chi connectivity index (χ4v) is 1.30. The molecule has 6 nitrogen and oxygen atoms in total. The van der Waals surface area contributed by atoms with E-state index < -0.39 is 11.5 Å². The molecule has 2 heterocycles. The first-order chi connectivity index (χ1) is 7.72. The maximum atomic E-state index is 11.8. The summed E-state index contributed by atoms with van der Waals surface area (Å²) in [6.45, 7) is 0.178. The molecule has 0 saturated carbocycles. The van der Waals surface area contributed by atoms with Crippen LogP contribution in [0.3, 0.4) is 0 Å². The van der Waals surface area contributed by atoms with Gasteiger partial charge >= 0.3 is 0 Å². The summed E-state index contributed by atoms with van der Waals surface area (Å²) in [7, 11) is 0. The Balaban J connectivity index is 2.42. The number of nitrogens with zero attached hydrogens (tertiary/aromatic N) is 2. The fraction of sp³-hybridized carbons (Fsp3) is 0.100. The Morgan fingerprint density at radius 2 is 2.31 bits per heavy atom. The van der Waals surface area contributed by atoms with Crippen molar-refractivity contribution in [1.29, 1.82) is 0 Å². The molecule has 0 saturated heterocycles. The highest BCUT2D eigenvalue weighted by Gasteiger charge is 2.13. The molecule has 2 aromatic rings. The van der Waals surface area contributed by atoms with Crippen molar-refractivity contribution in [3.05, 3.63) is 52.2 Å². The van der Waals surface area contributed by atoms with Gasteiger partial charge in [-0.15, -0.1) is 0 Å². The zero-order valence-electron chi connectivity index (χ0n) is 8.38. The van der Waals surface area contributed by atoms with Crippen LogP contribution in [0.2, 0.25) is 0 Å². The largest absolute Gasteiger partial charge is 0.325 e. The lowest BCUT2D eigenvalue weighted by Gasteiger charge is -1.99. The number of nitrogens with two attached hydrogens (primary N) is 1. The van der Waals surface area contributed by atoms with Crippen molar-refractivity contribution in [2.75, 3.05) is 0 Å². The lowest BCUT2D eigenvalue weighted by atomic mass is 10.3. The summed E-state index contributed by atoms with van der Waals surface area (Å²) in [6.07, 6.45) is 1.49. The van der Waals surface area contributed by atoms with Crippen LogP contribution in [0, 0.1) is 0 Å². The lowest BCUT2D eigenvalue weighted by Crippen LogP contribution is -2.25. The molecular weight excluding hydrogens is 208 g/mol. The predicted molar refractivity (Wildman–Crippen MR) is 56.9 cm³/mol. The van der Waals surface area contributed by atoms with E-state index >= 15 is 0 Å². The number of pyridine rings is 1. The molecule has 3 N–H and O–H groups in total. The van der Waals surface area contributed by atoms with Crippen LogP contribution in [0.5, 0.6) is 0 Å². The maximum absolute atomic E-state index is 11.8. The minimum Gasteiger partial charge on any atom is -0.325 e. The molecule has 0 fully saturated rings. The van der Waals surface area contributed by atoms with Crippen LogP contribution in [-0.4, -0.2) is 20.7 Å². The smallest absolute Gasteiger partial charge is 0.298 e. The van der Waals surface area contributed by atoms with Crippen LogP contribution in [0.4, 0.5) is 0 Å². The molecule has 82 valence electrons. The highest BCUT2D eigenvalue weighted by molar-refractivity contribution is 5.93. The third-order valence-corrected chi connectivity index (χ3v) is 2.08. The maximum Gasteiger partial charge on any atom is 0.298 e. The van der Waals surface area contributed by atoms with Gasteiger partial charge < -0.3 is 5.73 Å². The first kappa shape index (κ1) is 10.3. The Bertz CT molecular complexity index is 556. The van der Waals surface area contributed by atoms with E-state index in [1.807, 2.05) is 0 Å².